The zero-order valence-corrected chi connectivity index (χ0v) is 22.6. The molecule has 0 amide bonds. The van der Waals surface area contributed by atoms with E-state index in [0.717, 1.165) is 0 Å². The van der Waals surface area contributed by atoms with E-state index in [1.165, 1.54) is 0 Å². The van der Waals surface area contributed by atoms with Crippen LogP contribution in [0.1, 0.15) is 0 Å². The van der Waals surface area contributed by atoms with E-state index in [4.69, 9.17) is 135 Å². The van der Waals surface area contributed by atoms with Crippen LogP contribution in [0.15, 0.2) is 0 Å². The van der Waals surface area contributed by atoms with Gasteiger partial charge < -0.3 is 91.9 Å². The summed E-state index contributed by atoms with van der Waals surface area (Å²) in [5, 5.41) is 135. The van der Waals surface area contributed by atoms with E-state index in [2.05, 4.69) is 0 Å². The topological polar surface area (TPSA) is 518 Å². The Balaban J connectivity index is -0.0000000395. The molecule has 0 fully saturated rings. The van der Waals surface area contributed by atoms with Crippen LogP contribution in [-0.2, 0) is 43.2 Å². The van der Waals surface area contributed by atoms with Crippen LogP contribution < -0.4 is 0 Å². The third-order valence-electron chi connectivity index (χ3n) is 1.22. The molecule has 0 radical (unpaired) electrons. The van der Waals surface area contributed by atoms with Crippen LogP contribution >= 0.6 is 0 Å². The average molecular weight is 708 g/mol. The summed E-state index contributed by atoms with van der Waals surface area (Å²) >= 11 is 0. The number of rotatable bonds is 9. The number of carboxylic acids is 9. The Kier molecular flexibility index (Phi) is 95.7. The zero-order chi connectivity index (χ0) is 38.6. The number of aliphatic hydroxyl groups is 9. The molecule has 0 aliphatic carbocycles. The van der Waals surface area contributed by atoms with Crippen LogP contribution in [0.3, 0.4) is 0 Å². The SMILES string of the molecule is O=C(O)CO.O=C(O)CO.O=C(O)CO.O=C(O)CO.O=C(O)CO.O=C(O)CO.O=C(O)CO.O=C(O)CO.O=C(O)CO.[NaH]. The van der Waals surface area contributed by atoms with Crippen LogP contribution in [0, 0.1) is 0 Å². The Morgan fingerprint density at radius 3 is 0.239 bits per heavy atom. The monoisotopic (exact) mass is 708 g/mol. The van der Waals surface area contributed by atoms with Crippen molar-refractivity contribution in [3.63, 3.8) is 0 Å². The molecule has 28 heteroatoms. The average Bonchev–Trinajstić information content (AvgIpc) is 2.99. The fourth-order valence-electron chi connectivity index (χ4n) is 0. The molecule has 0 aliphatic heterocycles. The number of hydrogen-bond acceptors (Lipinski definition) is 18. The third kappa shape index (κ3) is 313. The van der Waals surface area contributed by atoms with Crippen molar-refractivity contribution in [1.82, 2.24) is 0 Å². The van der Waals surface area contributed by atoms with Crippen LogP contribution in [0.5, 0.6) is 0 Å². The van der Waals surface area contributed by atoms with Crippen LogP contribution in [-0.4, -0.2) is 235 Å². The van der Waals surface area contributed by atoms with Gasteiger partial charge in [0.2, 0.25) is 0 Å². The second-order valence-corrected chi connectivity index (χ2v) is 4.97. The van der Waals surface area contributed by atoms with Crippen molar-refractivity contribution in [3.8, 4) is 0 Å². The van der Waals surface area contributed by atoms with Gasteiger partial charge in [0.1, 0.15) is 59.5 Å². The van der Waals surface area contributed by atoms with Crippen molar-refractivity contribution in [3.05, 3.63) is 0 Å². The zero-order valence-electron chi connectivity index (χ0n) is 22.6. The summed E-state index contributed by atoms with van der Waals surface area (Å²) in [5.74, 6) is -10.7. The minimum atomic E-state index is -1.19. The molecule has 0 aromatic rings. The van der Waals surface area contributed by atoms with E-state index < -0.39 is 113 Å². The summed E-state index contributed by atoms with van der Waals surface area (Å²) in [5.41, 5.74) is 0. The molecule has 46 heavy (non-hydrogen) atoms. The Labute approximate surface area is 277 Å². The summed E-state index contributed by atoms with van der Waals surface area (Å²) < 4.78 is 0. The normalized spacial score (nSPS) is 7.24. The molecule has 18 N–H and O–H groups in total. The first-order valence-corrected chi connectivity index (χ1v) is 9.88. The van der Waals surface area contributed by atoms with Gasteiger partial charge in [-0.05, 0) is 0 Å². The van der Waals surface area contributed by atoms with Crippen LogP contribution in [0.2, 0.25) is 0 Å². The number of aliphatic carboxylic acids is 9. The maximum absolute atomic E-state index is 9.12. The first kappa shape index (κ1) is 68.9. The van der Waals surface area contributed by atoms with Crippen molar-refractivity contribution in [1.29, 1.82) is 0 Å². The van der Waals surface area contributed by atoms with Crippen molar-refractivity contribution in [2.24, 2.45) is 0 Å². The van der Waals surface area contributed by atoms with Gasteiger partial charge in [-0.15, -0.1) is 0 Å². The molecule has 0 saturated heterocycles. The molecule has 0 spiro atoms. The number of carbonyl (C=O) groups is 9. The summed E-state index contributed by atoms with van der Waals surface area (Å²) in [4.78, 5) is 82.1. The van der Waals surface area contributed by atoms with Crippen molar-refractivity contribution < 1.29 is 135 Å². The van der Waals surface area contributed by atoms with E-state index in [-0.39, 0.29) is 29.6 Å². The summed E-state index contributed by atoms with van der Waals surface area (Å²) in [6, 6.07) is 0. The predicted molar refractivity (Wildman–Crippen MR) is 140 cm³/mol. The molecule has 272 valence electrons. The molecule has 0 atom stereocenters. The van der Waals surface area contributed by atoms with Crippen LogP contribution in [0.4, 0.5) is 0 Å². The molecule has 0 heterocycles. The molecule has 0 aromatic carbocycles. The standard InChI is InChI=1S/9C2H4O3.Na.H/c9*3-1-2(4)5;;/h9*3H,1H2,(H,4,5);;. The van der Waals surface area contributed by atoms with E-state index in [1.807, 2.05) is 0 Å². The van der Waals surface area contributed by atoms with Gasteiger partial charge in [-0.3, -0.25) is 0 Å². The van der Waals surface area contributed by atoms with Crippen molar-refractivity contribution >= 4 is 83.3 Å². The quantitative estimate of drug-likeness (QED) is 0.0988. The molecule has 0 aromatic heterocycles. The van der Waals surface area contributed by atoms with Gasteiger partial charge in [0, 0.05) is 0 Å². The fraction of sp³-hybridized carbons (Fsp3) is 0.500. The Morgan fingerprint density at radius 2 is 0.239 bits per heavy atom. The van der Waals surface area contributed by atoms with E-state index in [9.17, 15) is 0 Å². The molecule has 0 bridgehead atoms. The molecule has 0 unspecified atom stereocenters. The summed E-state index contributed by atoms with van der Waals surface area (Å²) in [6.07, 6.45) is 0. The molecule has 0 aliphatic rings. The summed E-state index contributed by atoms with van der Waals surface area (Å²) in [6.45, 7) is -7.00. The molecule has 0 rings (SSSR count). The molecular formula is C18H37NaO27. The third-order valence-corrected chi connectivity index (χ3v) is 1.22. The van der Waals surface area contributed by atoms with Gasteiger partial charge in [-0.1, -0.05) is 0 Å². The number of carboxylic acid groups (broad SMARTS) is 9. The van der Waals surface area contributed by atoms with Crippen molar-refractivity contribution in [2.45, 2.75) is 0 Å². The Hall–Kier alpha value is -4.13. The van der Waals surface area contributed by atoms with Gasteiger partial charge in [0.05, 0.1) is 0 Å². The van der Waals surface area contributed by atoms with Crippen molar-refractivity contribution in [2.75, 3.05) is 59.5 Å². The second-order valence-electron chi connectivity index (χ2n) is 4.97. The van der Waals surface area contributed by atoms with Gasteiger partial charge >= 0.3 is 83.3 Å². The maximum atomic E-state index is 9.12. The summed E-state index contributed by atoms with van der Waals surface area (Å²) in [7, 11) is 0. The minimum absolute atomic E-state index is 0. The first-order chi connectivity index (χ1) is 20.4. The van der Waals surface area contributed by atoms with Gasteiger partial charge in [-0.2, -0.15) is 0 Å². The molecular weight excluding hydrogens is 671 g/mol. The number of aliphatic hydroxyl groups excluding tert-OH is 9. The fourth-order valence-corrected chi connectivity index (χ4v) is 0. The van der Waals surface area contributed by atoms with Gasteiger partial charge in [0.15, 0.2) is 0 Å². The Bertz CT molecular complexity index is 568. The van der Waals surface area contributed by atoms with Gasteiger partial charge in [-0.25, -0.2) is 43.2 Å². The molecule has 0 saturated carbocycles. The molecule has 27 nitrogen and oxygen atoms in total. The Morgan fingerprint density at radius 1 is 0.217 bits per heavy atom. The van der Waals surface area contributed by atoms with E-state index >= 15 is 0 Å². The second kappa shape index (κ2) is 64.0. The van der Waals surface area contributed by atoms with E-state index in [1.54, 1.807) is 0 Å². The number of hydrogen-bond donors (Lipinski definition) is 18. The first-order valence-electron chi connectivity index (χ1n) is 9.88. The predicted octanol–water partition coefficient (Wildman–Crippen LogP) is -9.08. The van der Waals surface area contributed by atoms with Crippen LogP contribution in [0.25, 0.3) is 0 Å². The van der Waals surface area contributed by atoms with Gasteiger partial charge in [0.25, 0.3) is 0 Å². The van der Waals surface area contributed by atoms with E-state index in [0.29, 0.717) is 0 Å².